The van der Waals surface area contributed by atoms with E-state index in [2.05, 4.69) is 16.0 Å². The molecule has 192 valence electrons. The summed E-state index contributed by atoms with van der Waals surface area (Å²) < 4.78 is 0. The van der Waals surface area contributed by atoms with Crippen LogP contribution in [0.4, 0.5) is 0 Å². The van der Waals surface area contributed by atoms with Gasteiger partial charge in [0.1, 0.15) is 18.1 Å². The van der Waals surface area contributed by atoms with Crippen molar-refractivity contribution in [1.82, 2.24) is 16.0 Å². The summed E-state index contributed by atoms with van der Waals surface area (Å²) in [5, 5.41) is 17.4. The molecule has 0 bridgehead atoms. The Morgan fingerprint density at radius 1 is 0.848 bits per heavy atom. The highest BCUT2D eigenvalue weighted by Gasteiger charge is 2.30. The minimum atomic E-state index is -1.14. The first-order valence-corrected chi connectivity index (χ1v) is 12.9. The summed E-state index contributed by atoms with van der Waals surface area (Å²) in [6, 6.07) is -3.60. The van der Waals surface area contributed by atoms with E-state index >= 15 is 0 Å². The SMILES string of the molecule is CSCCC(NC(=O)C(CC(C)C)NC(=O)C(N)C(C)C)C(=O)NC(CCCCN)C(=O)O. The van der Waals surface area contributed by atoms with Crippen molar-refractivity contribution in [2.45, 2.75) is 84.0 Å². The van der Waals surface area contributed by atoms with Gasteiger partial charge in [-0.1, -0.05) is 27.7 Å². The molecule has 0 spiro atoms. The first-order chi connectivity index (χ1) is 15.4. The lowest BCUT2D eigenvalue weighted by molar-refractivity contribution is -0.142. The number of hydrogen-bond donors (Lipinski definition) is 6. The second-order valence-corrected chi connectivity index (χ2v) is 9.97. The van der Waals surface area contributed by atoms with Crippen molar-refractivity contribution in [3.63, 3.8) is 0 Å². The van der Waals surface area contributed by atoms with E-state index in [0.29, 0.717) is 38.0 Å². The topological polar surface area (TPSA) is 177 Å². The molecule has 0 heterocycles. The molecule has 4 atom stereocenters. The summed E-state index contributed by atoms with van der Waals surface area (Å²) in [6.45, 7) is 7.92. The minimum absolute atomic E-state index is 0.0971. The van der Waals surface area contributed by atoms with Gasteiger partial charge >= 0.3 is 5.97 Å². The number of carbonyl (C=O) groups is 4. The van der Waals surface area contributed by atoms with Gasteiger partial charge in [0.15, 0.2) is 0 Å². The zero-order valence-corrected chi connectivity index (χ0v) is 21.4. The van der Waals surface area contributed by atoms with E-state index in [1.54, 1.807) is 0 Å². The Morgan fingerprint density at radius 2 is 1.39 bits per heavy atom. The lowest BCUT2D eigenvalue weighted by Crippen LogP contribution is -2.57. The third-order valence-corrected chi connectivity index (χ3v) is 5.81. The molecule has 3 amide bonds. The molecule has 0 fully saturated rings. The lowest BCUT2D eigenvalue weighted by Gasteiger charge is -2.26. The van der Waals surface area contributed by atoms with Crippen molar-refractivity contribution in [3.05, 3.63) is 0 Å². The zero-order valence-electron chi connectivity index (χ0n) is 20.6. The molecule has 8 N–H and O–H groups in total. The van der Waals surface area contributed by atoms with Crippen molar-refractivity contribution in [1.29, 1.82) is 0 Å². The van der Waals surface area contributed by atoms with Gasteiger partial charge in [0.2, 0.25) is 17.7 Å². The molecule has 0 aliphatic carbocycles. The van der Waals surface area contributed by atoms with Gasteiger partial charge in [-0.2, -0.15) is 11.8 Å². The highest BCUT2D eigenvalue weighted by Crippen LogP contribution is 2.09. The van der Waals surface area contributed by atoms with Crippen molar-refractivity contribution >= 4 is 35.5 Å². The average molecular weight is 490 g/mol. The van der Waals surface area contributed by atoms with Crippen molar-refractivity contribution in [2.75, 3.05) is 18.6 Å². The van der Waals surface area contributed by atoms with Crippen LogP contribution >= 0.6 is 11.8 Å². The maximum absolute atomic E-state index is 13.0. The summed E-state index contributed by atoms with van der Waals surface area (Å²) in [6.07, 6.45) is 4.03. The van der Waals surface area contributed by atoms with Crippen LogP contribution in [0.1, 0.15) is 59.8 Å². The Kier molecular flexibility index (Phi) is 15.8. The number of thioether (sulfide) groups is 1. The van der Waals surface area contributed by atoms with Crippen LogP contribution in [0.15, 0.2) is 0 Å². The number of carbonyl (C=O) groups excluding carboxylic acids is 3. The van der Waals surface area contributed by atoms with Gasteiger partial charge in [-0.25, -0.2) is 4.79 Å². The molecule has 0 radical (unpaired) electrons. The summed E-state index contributed by atoms with van der Waals surface area (Å²) in [5.41, 5.74) is 11.4. The number of unbranched alkanes of at least 4 members (excludes halogenated alkanes) is 1. The Morgan fingerprint density at radius 3 is 1.88 bits per heavy atom. The van der Waals surface area contributed by atoms with Gasteiger partial charge in [-0.3, -0.25) is 14.4 Å². The quantitative estimate of drug-likeness (QED) is 0.159. The second kappa shape index (κ2) is 16.7. The second-order valence-electron chi connectivity index (χ2n) is 8.99. The fourth-order valence-corrected chi connectivity index (χ4v) is 3.54. The molecule has 0 aliphatic rings. The van der Waals surface area contributed by atoms with Gasteiger partial charge in [0.05, 0.1) is 6.04 Å². The smallest absolute Gasteiger partial charge is 0.326 e. The van der Waals surface area contributed by atoms with E-state index in [4.69, 9.17) is 11.5 Å². The number of hydrogen-bond acceptors (Lipinski definition) is 7. The number of carboxylic acids is 1. The Hall–Kier alpha value is -1.85. The Bertz CT molecular complexity index is 632. The van der Waals surface area contributed by atoms with Crippen molar-refractivity contribution in [3.8, 4) is 0 Å². The van der Waals surface area contributed by atoms with Crippen LogP contribution in [-0.4, -0.2) is 71.5 Å². The van der Waals surface area contributed by atoms with Crippen molar-refractivity contribution < 1.29 is 24.3 Å². The summed E-state index contributed by atoms with van der Waals surface area (Å²) in [4.78, 5) is 49.9. The third kappa shape index (κ3) is 12.8. The number of rotatable bonds is 17. The number of nitrogens with two attached hydrogens (primary N) is 2. The predicted molar refractivity (Wildman–Crippen MR) is 132 cm³/mol. The van der Waals surface area contributed by atoms with Gasteiger partial charge < -0.3 is 32.5 Å². The van der Waals surface area contributed by atoms with E-state index in [1.165, 1.54) is 11.8 Å². The molecule has 0 aromatic carbocycles. The maximum atomic E-state index is 13.0. The molecule has 0 saturated heterocycles. The van der Waals surface area contributed by atoms with Crippen LogP contribution in [0.3, 0.4) is 0 Å². The Labute approximate surface area is 201 Å². The molecule has 4 unspecified atom stereocenters. The van der Waals surface area contributed by atoms with E-state index in [0.717, 1.165) is 0 Å². The fourth-order valence-electron chi connectivity index (χ4n) is 3.07. The first kappa shape index (κ1) is 31.1. The molecule has 0 rings (SSSR count). The molecule has 11 heteroatoms. The molecule has 10 nitrogen and oxygen atoms in total. The van der Waals surface area contributed by atoms with E-state index < -0.39 is 47.9 Å². The highest BCUT2D eigenvalue weighted by atomic mass is 32.2. The summed E-state index contributed by atoms with van der Waals surface area (Å²) >= 11 is 1.51. The monoisotopic (exact) mass is 489 g/mol. The zero-order chi connectivity index (χ0) is 25.6. The summed E-state index contributed by atoms with van der Waals surface area (Å²) in [5.74, 6) is -2.03. The normalized spacial score (nSPS) is 14.9. The Balaban J connectivity index is 5.41. The third-order valence-electron chi connectivity index (χ3n) is 5.17. The lowest BCUT2D eigenvalue weighted by atomic mass is 10.00. The van der Waals surface area contributed by atoms with Crippen molar-refractivity contribution in [2.24, 2.45) is 23.3 Å². The van der Waals surface area contributed by atoms with Crippen LogP contribution in [0.25, 0.3) is 0 Å². The molecule has 0 aliphatic heterocycles. The number of amides is 3. The summed E-state index contributed by atoms with van der Waals surface area (Å²) in [7, 11) is 0. The average Bonchev–Trinajstić information content (AvgIpc) is 2.73. The van der Waals surface area contributed by atoms with E-state index in [-0.39, 0.29) is 18.3 Å². The highest BCUT2D eigenvalue weighted by molar-refractivity contribution is 7.98. The van der Waals surface area contributed by atoms with Gasteiger partial charge in [-0.05, 0) is 62.5 Å². The number of aliphatic carboxylic acids is 1. The molecule has 0 aromatic heterocycles. The van der Waals surface area contributed by atoms with Gasteiger partial charge in [0.25, 0.3) is 0 Å². The van der Waals surface area contributed by atoms with Crippen LogP contribution in [0.2, 0.25) is 0 Å². The fraction of sp³-hybridized carbons (Fsp3) is 0.818. The van der Waals surface area contributed by atoms with Crippen LogP contribution in [0, 0.1) is 11.8 Å². The van der Waals surface area contributed by atoms with E-state index in [1.807, 2.05) is 34.0 Å². The van der Waals surface area contributed by atoms with Crippen LogP contribution < -0.4 is 27.4 Å². The molecule has 0 aromatic rings. The van der Waals surface area contributed by atoms with Crippen LogP contribution in [0.5, 0.6) is 0 Å². The first-order valence-electron chi connectivity index (χ1n) is 11.5. The maximum Gasteiger partial charge on any atom is 0.326 e. The minimum Gasteiger partial charge on any atom is -0.480 e. The largest absolute Gasteiger partial charge is 0.480 e. The van der Waals surface area contributed by atoms with Gasteiger partial charge in [-0.15, -0.1) is 0 Å². The standard InChI is InChI=1S/C22H43N5O5S/c1-13(2)12-17(27-21(30)18(24)14(3)4)20(29)25-15(9-11-33-5)19(28)26-16(22(31)32)8-6-7-10-23/h13-18H,6-12,23-24H2,1-5H3,(H,25,29)(H,26,28)(H,27,30)(H,31,32). The van der Waals surface area contributed by atoms with Crippen LogP contribution in [-0.2, 0) is 19.2 Å². The molecular formula is C22H43N5O5S. The number of nitrogens with one attached hydrogen (secondary N) is 3. The molecule has 0 saturated carbocycles. The molecular weight excluding hydrogens is 446 g/mol. The molecule has 33 heavy (non-hydrogen) atoms. The predicted octanol–water partition coefficient (Wildman–Crippen LogP) is 0.437. The van der Waals surface area contributed by atoms with Gasteiger partial charge in [0, 0.05) is 0 Å². The van der Waals surface area contributed by atoms with E-state index in [9.17, 15) is 24.3 Å². The number of carboxylic acid groups (broad SMARTS) is 1.